The van der Waals surface area contributed by atoms with Crippen LogP contribution in [-0.2, 0) is 12.7 Å². The zero-order chi connectivity index (χ0) is 20.6. The zero-order valence-corrected chi connectivity index (χ0v) is 16.0. The molecular weight excluding hydrogens is 377 g/mol. The summed E-state index contributed by atoms with van der Waals surface area (Å²) in [5.74, 6) is 1.13. The third-order valence-electron chi connectivity index (χ3n) is 4.86. The van der Waals surface area contributed by atoms with Crippen LogP contribution >= 0.6 is 0 Å². The van der Waals surface area contributed by atoms with Gasteiger partial charge in [-0.25, -0.2) is 4.98 Å². The van der Waals surface area contributed by atoms with Crippen LogP contribution in [0.25, 0.3) is 22.4 Å². The van der Waals surface area contributed by atoms with Crippen molar-refractivity contribution in [1.82, 2.24) is 9.55 Å². The van der Waals surface area contributed by atoms with Gasteiger partial charge in [-0.1, -0.05) is 42.0 Å². The number of alkyl halides is 3. The number of rotatable bonds is 4. The number of fused-ring (bicyclic) bond motifs is 1. The van der Waals surface area contributed by atoms with Gasteiger partial charge in [0.1, 0.15) is 11.6 Å². The first kappa shape index (κ1) is 19.1. The maximum atomic E-state index is 13.2. The van der Waals surface area contributed by atoms with Crippen molar-refractivity contribution in [2.45, 2.75) is 19.6 Å². The first-order valence-corrected chi connectivity index (χ1v) is 9.12. The Kier molecular flexibility index (Phi) is 4.78. The van der Waals surface area contributed by atoms with Gasteiger partial charge in [-0.2, -0.15) is 13.2 Å². The molecule has 1 heterocycles. The summed E-state index contributed by atoms with van der Waals surface area (Å²) in [6.45, 7) is 2.51. The smallest absolute Gasteiger partial charge is 0.416 e. The van der Waals surface area contributed by atoms with Gasteiger partial charge in [0.2, 0.25) is 0 Å². The molecule has 0 saturated heterocycles. The Hall–Kier alpha value is -3.28. The summed E-state index contributed by atoms with van der Waals surface area (Å²) in [4.78, 5) is 4.64. The molecule has 0 fully saturated rings. The third-order valence-corrected chi connectivity index (χ3v) is 4.86. The van der Waals surface area contributed by atoms with Crippen LogP contribution in [0.3, 0.4) is 0 Å². The summed E-state index contributed by atoms with van der Waals surface area (Å²) in [6, 6.07) is 18.8. The minimum Gasteiger partial charge on any atom is -0.497 e. The van der Waals surface area contributed by atoms with E-state index < -0.39 is 11.7 Å². The van der Waals surface area contributed by atoms with Gasteiger partial charge in [0.05, 0.1) is 23.7 Å². The van der Waals surface area contributed by atoms with Crippen molar-refractivity contribution in [3.63, 3.8) is 0 Å². The predicted octanol–water partition coefficient (Wildman–Crippen LogP) is 6.09. The minimum atomic E-state index is -4.41. The lowest BCUT2D eigenvalue weighted by Crippen LogP contribution is -2.06. The van der Waals surface area contributed by atoms with E-state index in [2.05, 4.69) is 4.98 Å². The van der Waals surface area contributed by atoms with Crippen LogP contribution in [0.15, 0.2) is 66.7 Å². The predicted molar refractivity (Wildman–Crippen MR) is 107 cm³/mol. The maximum Gasteiger partial charge on any atom is 0.416 e. The lowest BCUT2D eigenvalue weighted by atomic mass is 10.1. The van der Waals surface area contributed by atoms with Crippen LogP contribution in [0.2, 0.25) is 0 Å². The van der Waals surface area contributed by atoms with E-state index in [1.54, 1.807) is 19.2 Å². The Bertz CT molecular complexity index is 1160. The Morgan fingerprint density at radius 3 is 2.41 bits per heavy atom. The van der Waals surface area contributed by atoms with Crippen molar-refractivity contribution in [3.8, 4) is 17.1 Å². The molecule has 148 valence electrons. The van der Waals surface area contributed by atoms with Crippen molar-refractivity contribution in [2.75, 3.05) is 7.11 Å². The van der Waals surface area contributed by atoms with Crippen molar-refractivity contribution in [2.24, 2.45) is 0 Å². The van der Waals surface area contributed by atoms with E-state index in [1.807, 2.05) is 47.9 Å². The van der Waals surface area contributed by atoms with Crippen molar-refractivity contribution in [3.05, 3.63) is 83.4 Å². The molecule has 0 N–H and O–H groups in total. The molecular formula is C23H19F3N2O. The molecule has 3 aromatic carbocycles. The number of nitrogens with zero attached hydrogens (tertiary/aromatic N) is 2. The van der Waals surface area contributed by atoms with Crippen LogP contribution in [0.1, 0.15) is 16.7 Å². The van der Waals surface area contributed by atoms with Crippen LogP contribution in [-0.4, -0.2) is 16.7 Å². The van der Waals surface area contributed by atoms with Gasteiger partial charge in [0.15, 0.2) is 0 Å². The molecule has 0 saturated carbocycles. The number of imidazole rings is 1. The molecule has 0 aliphatic carbocycles. The summed E-state index contributed by atoms with van der Waals surface area (Å²) in [5.41, 5.74) is 3.41. The van der Waals surface area contributed by atoms with Crippen molar-refractivity contribution < 1.29 is 17.9 Å². The van der Waals surface area contributed by atoms with E-state index in [-0.39, 0.29) is 0 Å². The second kappa shape index (κ2) is 7.28. The molecule has 0 unspecified atom stereocenters. The Balaban J connectivity index is 1.89. The van der Waals surface area contributed by atoms with Gasteiger partial charge in [0, 0.05) is 18.2 Å². The second-order valence-electron chi connectivity index (χ2n) is 6.94. The van der Waals surface area contributed by atoms with E-state index in [9.17, 15) is 13.2 Å². The number of ether oxygens (including phenoxy) is 1. The highest BCUT2D eigenvalue weighted by atomic mass is 19.4. The fourth-order valence-electron chi connectivity index (χ4n) is 3.33. The molecule has 0 aliphatic rings. The van der Waals surface area contributed by atoms with Gasteiger partial charge < -0.3 is 9.30 Å². The summed E-state index contributed by atoms with van der Waals surface area (Å²) in [6.07, 6.45) is -4.41. The van der Waals surface area contributed by atoms with E-state index >= 15 is 0 Å². The van der Waals surface area contributed by atoms with Crippen LogP contribution in [0, 0.1) is 6.92 Å². The average Bonchev–Trinajstić information content (AvgIpc) is 3.06. The van der Waals surface area contributed by atoms with Crippen molar-refractivity contribution >= 4 is 11.0 Å². The Labute approximate surface area is 166 Å². The van der Waals surface area contributed by atoms with Crippen LogP contribution < -0.4 is 4.74 Å². The quantitative estimate of drug-likeness (QED) is 0.418. The molecule has 0 amide bonds. The molecule has 0 aliphatic heterocycles. The third kappa shape index (κ3) is 3.83. The average molecular weight is 396 g/mol. The van der Waals surface area contributed by atoms with E-state index in [0.717, 1.165) is 28.8 Å². The highest BCUT2D eigenvalue weighted by molar-refractivity contribution is 5.82. The lowest BCUT2D eigenvalue weighted by molar-refractivity contribution is -0.137. The maximum absolute atomic E-state index is 13.2. The topological polar surface area (TPSA) is 27.1 Å². The number of hydrogen-bond acceptors (Lipinski definition) is 2. The molecule has 4 rings (SSSR count). The van der Waals surface area contributed by atoms with Gasteiger partial charge in [0.25, 0.3) is 0 Å². The molecule has 0 spiro atoms. The summed E-state index contributed by atoms with van der Waals surface area (Å²) < 4.78 is 46.9. The van der Waals surface area contributed by atoms with Gasteiger partial charge in [-0.3, -0.25) is 0 Å². The Morgan fingerprint density at radius 1 is 0.966 bits per heavy atom. The first-order chi connectivity index (χ1) is 13.8. The minimum absolute atomic E-state index is 0.419. The number of aryl methyl sites for hydroxylation is 1. The number of benzene rings is 3. The summed E-state index contributed by atoms with van der Waals surface area (Å²) >= 11 is 0. The SMILES string of the molecule is COc1ccc2c(c1)nc(-c1cccc(C(F)(F)F)c1)n2Cc1ccc(C)cc1. The molecule has 1 aromatic heterocycles. The summed E-state index contributed by atoms with van der Waals surface area (Å²) in [5, 5.41) is 0. The number of halogens is 3. The highest BCUT2D eigenvalue weighted by Gasteiger charge is 2.31. The monoisotopic (exact) mass is 396 g/mol. The zero-order valence-electron chi connectivity index (χ0n) is 16.0. The first-order valence-electron chi connectivity index (χ1n) is 9.12. The Morgan fingerprint density at radius 2 is 1.72 bits per heavy atom. The van der Waals surface area contributed by atoms with E-state index in [1.165, 1.54) is 6.07 Å². The van der Waals surface area contributed by atoms with Gasteiger partial charge >= 0.3 is 6.18 Å². The van der Waals surface area contributed by atoms with Gasteiger partial charge in [-0.05, 0) is 36.8 Å². The van der Waals surface area contributed by atoms with Gasteiger partial charge in [-0.15, -0.1) is 0 Å². The highest BCUT2D eigenvalue weighted by Crippen LogP contribution is 2.34. The number of methoxy groups -OCH3 is 1. The van der Waals surface area contributed by atoms with Crippen molar-refractivity contribution in [1.29, 1.82) is 0 Å². The second-order valence-corrected chi connectivity index (χ2v) is 6.94. The molecule has 0 radical (unpaired) electrons. The normalized spacial score (nSPS) is 11.8. The summed E-state index contributed by atoms with van der Waals surface area (Å²) in [7, 11) is 1.57. The standard InChI is InChI=1S/C23H19F3N2O/c1-15-6-8-16(9-7-15)14-28-21-11-10-19(29-2)13-20(21)27-22(28)17-4-3-5-18(12-17)23(24,25)26/h3-13H,14H2,1-2H3. The fraction of sp³-hybridized carbons (Fsp3) is 0.174. The fourth-order valence-corrected chi connectivity index (χ4v) is 3.33. The molecule has 0 atom stereocenters. The van der Waals surface area contributed by atoms with Crippen LogP contribution in [0.5, 0.6) is 5.75 Å². The molecule has 0 bridgehead atoms. The molecule has 6 heteroatoms. The largest absolute Gasteiger partial charge is 0.497 e. The lowest BCUT2D eigenvalue weighted by Gasteiger charge is -2.12. The molecule has 3 nitrogen and oxygen atoms in total. The van der Waals surface area contributed by atoms with E-state index in [4.69, 9.17) is 4.74 Å². The number of hydrogen-bond donors (Lipinski definition) is 0. The number of aromatic nitrogens is 2. The molecule has 4 aromatic rings. The van der Waals surface area contributed by atoms with Crippen LogP contribution in [0.4, 0.5) is 13.2 Å². The molecule has 29 heavy (non-hydrogen) atoms. The van der Waals surface area contributed by atoms with E-state index in [0.29, 0.717) is 29.2 Å².